The van der Waals surface area contributed by atoms with Crippen molar-refractivity contribution in [2.45, 2.75) is 25.3 Å². The van der Waals surface area contributed by atoms with Crippen molar-refractivity contribution < 1.29 is 9.90 Å². The van der Waals surface area contributed by atoms with E-state index in [-0.39, 0.29) is 34.6 Å². The van der Waals surface area contributed by atoms with E-state index in [9.17, 15) is 9.90 Å². The van der Waals surface area contributed by atoms with E-state index < -0.39 is 0 Å². The van der Waals surface area contributed by atoms with Crippen LogP contribution in [-0.2, 0) is 0 Å². The molecule has 5 rings (SSSR count). The Hall–Kier alpha value is -2.95. The van der Waals surface area contributed by atoms with Gasteiger partial charge in [0.1, 0.15) is 5.75 Å². The van der Waals surface area contributed by atoms with Crippen LogP contribution in [0, 0.1) is 5.92 Å². The Morgan fingerprint density at radius 1 is 1.09 bits per heavy atom. The van der Waals surface area contributed by atoms with Crippen molar-refractivity contribution >= 4 is 40.5 Å². The number of hydrogen-bond acceptors (Lipinski definition) is 3. The highest BCUT2D eigenvalue weighted by Gasteiger charge is 2.41. The fourth-order valence-electron chi connectivity index (χ4n) is 5.13. The molecule has 2 aliphatic rings. The fraction of sp³-hybridized carbons (Fsp3) is 0.222. The van der Waals surface area contributed by atoms with E-state index in [0.29, 0.717) is 22.7 Å². The lowest BCUT2D eigenvalue weighted by atomic mass is 9.76. The molecule has 2 N–H and O–H groups in total. The number of amides is 1. The predicted molar refractivity (Wildman–Crippen MR) is 135 cm³/mol. The van der Waals surface area contributed by atoms with Crippen LogP contribution in [0.4, 0.5) is 11.4 Å². The Balaban J connectivity index is 1.61. The number of rotatable bonds is 4. The summed E-state index contributed by atoms with van der Waals surface area (Å²) < 4.78 is 0. The lowest BCUT2D eigenvalue weighted by Crippen LogP contribution is -2.34. The summed E-state index contributed by atoms with van der Waals surface area (Å²) in [6.07, 6.45) is 5.22. The van der Waals surface area contributed by atoms with Gasteiger partial charge in [-0.1, -0.05) is 65.7 Å². The van der Waals surface area contributed by atoms with E-state index >= 15 is 0 Å². The maximum atomic E-state index is 13.7. The lowest BCUT2D eigenvalue weighted by molar-refractivity contribution is 0.0988. The highest BCUT2D eigenvalue weighted by Crippen LogP contribution is 2.53. The van der Waals surface area contributed by atoms with E-state index in [4.69, 9.17) is 23.2 Å². The molecule has 33 heavy (non-hydrogen) atoms. The van der Waals surface area contributed by atoms with Gasteiger partial charge in [0.2, 0.25) is 0 Å². The summed E-state index contributed by atoms with van der Waals surface area (Å²) in [7, 11) is 0. The van der Waals surface area contributed by atoms with E-state index in [1.807, 2.05) is 49.4 Å². The Labute approximate surface area is 203 Å². The number of fused-ring (bicyclic) bond motifs is 3. The number of benzene rings is 3. The molecule has 3 aromatic rings. The summed E-state index contributed by atoms with van der Waals surface area (Å²) in [5, 5.41) is 15.1. The molecule has 1 aliphatic carbocycles. The zero-order valence-corrected chi connectivity index (χ0v) is 19.6. The summed E-state index contributed by atoms with van der Waals surface area (Å²) in [6.45, 7) is 2.52. The smallest absolute Gasteiger partial charge is 0.260 e. The molecule has 0 radical (unpaired) electrons. The van der Waals surface area contributed by atoms with Crippen LogP contribution in [0.15, 0.2) is 72.8 Å². The maximum absolute atomic E-state index is 13.7. The van der Waals surface area contributed by atoms with Crippen LogP contribution < -0.4 is 10.2 Å². The lowest BCUT2D eigenvalue weighted by Gasteiger charge is -2.39. The number of phenolic OH excluding ortho intramolecular Hbond substituents is 1. The number of carbonyl (C=O) groups is 1. The van der Waals surface area contributed by atoms with Crippen LogP contribution in [-0.4, -0.2) is 17.6 Å². The van der Waals surface area contributed by atoms with Crippen LogP contribution in [0.3, 0.4) is 0 Å². The second-order valence-corrected chi connectivity index (χ2v) is 9.30. The van der Waals surface area contributed by atoms with Gasteiger partial charge in [-0.25, -0.2) is 0 Å². The van der Waals surface area contributed by atoms with Gasteiger partial charge in [0, 0.05) is 28.7 Å². The first kappa shape index (κ1) is 21.9. The first-order chi connectivity index (χ1) is 16.0. The molecule has 0 fully saturated rings. The van der Waals surface area contributed by atoms with Crippen LogP contribution >= 0.6 is 23.2 Å². The molecule has 168 valence electrons. The Morgan fingerprint density at radius 2 is 1.88 bits per heavy atom. The number of allylic oxidation sites excluding steroid dienone is 2. The number of aromatic hydroxyl groups is 1. The molecule has 0 saturated heterocycles. The summed E-state index contributed by atoms with van der Waals surface area (Å²) in [4.78, 5) is 15.5. The van der Waals surface area contributed by atoms with Gasteiger partial charge in [-0.15, -0.1) is 0 Å². The number of para-hydroxylation sites is 2. The topological polar surface area (TPSA) is 52.6 Å². The summed E-state index contributed by atoms with van der Waals surface area (Å²) in [6, 6.07) is 18.6. The van der Waals surface area contributed by atoms with Crippen molar-refractivity contribution in [3.63, 3.8) is 0 Å². The zero-order chi connectivity index (χ0) is 23.1. The number of nitrogens with zero attached hydrogens (tertiary/aromatic N) is 1. The van der Waals surface area contributed by atoms with Gasteiger partial charge in [0.15, 0.2) is 0 Å². The predicted octanol–water partition coefficient (Wildman–Crippen LogP) is 7.19. The van der Waals surface area contributed by atoms with Crippen LogP contribution in [0.1, 0.15) is 46.8 Å². The third kappa shape index (κ3) is 3.77. The van der Waals surface area contributed by atoms with Gasteiger partial charge in [0.05, 0.1) is 22.3 Å². The van der Waals surface area contributed by atoms with E-state index in [1.54, 1.807) is 11.0 Å². The number of nitrogens with one attached hydrogen (secondary N) is 1. The van der Waals surface area contributed by atoms with E-state index in [0.717, 1.165) is 23.4 Å². The number of phenols is 1. The average Bonchev–Trinajstić information content (AvgIpc) is 3.32. The fourth-order valence-corrected chi connectivity index (χ4v) is 5.64. The monoisotopic (exact) mass is 478 g/mol. The standard InChI is InChI=1S/C27H24Cl2N2O2/c1-2-31(17-8-4-3-5-9-17)27(33)21-13-7-12-19-18-10-6-11-20(18)25(30-24(19)21)22-14-16(28)15-23(29)26(22)32/h3-10,12-15,18,20,25,30,32H,2,11H2,1H3. The third-order valence-corrected chi connectivity index (χ3v) is 7.16. The highest BCUT2D eigenvalue weighted by molar-refractivity contribution is 6.35. The number of halogens is 2. The quantitative estimate of drug-likeness (QED) is 0.390. The van der Waals surface area contributed by atoms with Crippen molar-refractivity contribution in [2.24, 2.45) is 5.92 Å². The average molecular weight is 479 g/mol. The van der Waals surface area contributed by atoms with Gasteiger partial charge in [0.25, 0.3) is 5.91 Å². The molecule has 1 amide bonds. The molecule has 1 heterocycles. The molecule has 1 aliphatic heterocycles. The molecule has 0 bridgehead atoms. The van der Waals surface area contributed by atoms with Gasteiger partial charge < -0.3 is 15.3 Å². The molecule has 6 heteroatoms. The molecule has 0 saturated carbocycles. The molecular formula is C27H24Cl2N2O2. The van der Waals surface area contributed by atoms with E-state index in [1.165, 1.54) is 6.07 Å². The first-order valence-corrected chi connectivity index (χ1v) is 11.9. The first-order valence-electron chi connectivity index (χ1n) is 11.1. The number of anilines is 2. The molecule has 3 aromatic carbocycles. The van der Waals surface area contributed by atoms with Crippen molar-refractivity contribution in [3.05, 3.63) is 99.6 Å². The summed E-state index contributed by atoms with van der Waals surface area (Å²) in [5.41, 5.74) is 4.00. The molecule has 4 nitrogen and oxygen atoms in total. The Bertz CT molecular complexity index is 1240. The van der Waals surface area contributed by atoms with Crippen molar-refractivity contribution in [2.75, 3.05) is 16.8 Å². The maximum Gasteiger partial charge on any atom is 0.260 e. The van der Waals surface area contributed by atoms with Gasteiger partial charge in [-0.3, -0.25) is 4.79 Å². The summed E-state index contributed by atoms with van der Waals surface area (Å²) in [5.74, 6) is 0.263. The van der Waals surface area contributed by atoms with Crippen LogP contribution in [0.25, 0.3) is 0 Å². The van der Waals surface area contributed by atoms with Gasteiger partial charge in [-0.2, -0.15) is 0 Å². The van der Waals surface area contributed by atoms with E-state index in [2.05, 4.69) is 23.5 Å². The highest BCUT2D eigenvalue weighted by atomic mass is 35.5. The van der Waals surface area contributed by atoms with Crippen molar-refractivity contribution in [1.29, 1.82) is 0 Å². The largest absolute Gasteiger partial charge is 0.506 e. The summed E-state index contributed by atoms with van der Waals surface area (Å²) >= 11 is 12.5. The normalized spacial score (nSPS) is 20.6. The van der Waals surface area contributed by atoms with Gasteiger partial charge in [-0.05, 0) is 55.2 Å². The molecule has 0 aromatic heterocycles. The Kier molecular flexibility index (Phi) is 5.81. The molecule has 3 unspecified atom stereocenters. The minimum Gasteiger partial charge on any atom is -0.506 e. The number of hydrogen-bond donors (Lipinski definition) is 2. The van der Waals surface area contributed by atoms with Crippen molar-refractivity contribution in [1.82, 2.24) is 0 Å². The number of carbonyl (C=O) groups excluding carboxylic acids is 1. The second-order valence-electron chi connectivity index (χ2n) is 8.46. The molecular weight excluding hydrogens is 455 g/mol. The third-order valence-electron chi connectivity index (χ3n) is 6.65. The second kappa shape index (κ2) is 8.77. The zero-order valence-electron chi connectivity index (χ0n) is 18.1. The van der Waals surface area contributed by atoms with Crippen molar-refractivity contribution in [3.8, 4) is 5.75 Å². The van der Waals surface area contributed by atoms with Crippen LogP contribution in [0.5, 0.6) is 5.75 Å². The van der Waals surface area contributed by atoms with Crippen LogP contribution in [0.2, 0.25) is 10.0 Å². The van der Waals surface area contributed by atoms with Gasteiger partial charge >= 0.3 is 0 Å². The Morgan fingerprint density at radius 3 is 2.64 bits per heavy atom. The molecule has 0 spiro atoms. The SMILES string of the molecule is CCN(C(=O)c1cccc2c1NC(c1cc(Cl)cc(Cl)c1O)C1CC=CC21)c1ccccc1. The molecule has 3 atom stereocenters. The minimum atomic E-state index is -0.241. The minimum absolute atomic E-state index is 0.0240.